The van der Waals surface area contributed by atoms with Crippen LogP contribution in [-0.4, -0.2) is 10.8 Å². The van der Waals surface area contributed by atoms with Gasteiger partial charge in [-0.15, -0.1) is 0 Å². The van der Waals surface area contributed by atoms with Crippen molar-refractivity contribution >= 4 is 21.7 Å². The smallest absolute Gasteiger partial charge is 0.204 e. The van der Waals surface area contributed by atoms with E-state index in [-0.39, 0.29) is 11.5 Å². The molecule has 0 aliphatic carbocycles. The van der Waals surface area contributed by atoms with Gasteiger partial charge in [-0.25, -0.2) is 4.98 Å². The average Bonchev–Trinajstić information content (AvgIpc) is 2.13. The molecular formula is C5H4BrNO2. The first kappa shape index (κ1) is 6.48. The molecule has 0 spiro atoms. The van der Waals surface area contributed by atoms with Crippen LogP contribution in [0.3, 0.4) is 0 Å². The first-order chi connectivity index (χ1) is 4.22. The number of nitrogens with zero attached hydrogens (tertiary/aromatic N) is 1. The zero-order chi connectivity index (χ0) is 6.85. The fraction of sp³-hybridized carbons (Fsp3) is 0.200. The van der Waals surface area contributed by atoms with Crippen molar-refractivity contribution in [2.24, 2.45) is 0 Å². The van der Waals surface area contributed by atoms with E-state index in [9.17, 15) is 4.79 Å². The lowest BCUT2D eigenvalue weighted by Crippen LogP contribution is -1.88. The molecule has 0 saturated heterocycles. The molecule has 0 fully saturated rings. The summed E-state index contributed by atoms with van der Waals surface area (Å²) in [6.07, 6.45) is 1.22. The number of rotatable bonds is 1. The summed E-state index contributed by atoms with van der Waals surface area (Å²) in [5.41, 5.74) is 0. The van der Waals surface area contributed by atoms with Crippen molar-refractivity contribution in [1.29, 1.82) is 0 Å². The zero-order valence-corrected chi connectivity index (χ0v) is 6.31. The van der Waals surface area contributed by atoms with Gasteiger partial charge in [-0.2, -0.15) is 0 Å². The van der Waals surface area contributed by atoms with Crippen LogP contribution in [-0.2, 0) is 0 Å². The molecule has 1 rings (SSSR count). The molecule has 1 aromatic rings. The van der Waals surface area contributed by atoms with Gasteiger partial charge in [0, 0.05) is 6.92 Å². The monoisotopic (exact) mass is 189 g/mol. The second-order valence-electron chi connectivity index (χ2n) is 1.53. The molecule has 0 atom stereocenters. The molecule has 0 aromatic carbocycles. The maximum absolute atomic E-state index is 10.6. The van der Waals surface area contributed by atoms with E-state index in [1.165, 1.54) is 13.3 Å². The molecular weight excluding hydrogens is 186 g/mol. The van der Waals surface area contributed by atoms with Crippen LogP contribution >= 0.6 is 15.9 Å². The normalized spacial score (nSPS) is 9.56. The summed E-state index contributed by atoms with van der Waals surface area (Å²) in [5.74, 6) is 0.148. The molecule has 9 heavy (non-hydrogen) atoms. The predicted octanol–water partition coefficient (Wildman–Crippen LogP) is 1.64. The molecule has 0 saturated carbocycles. The Morgan fingerprint density at radius 1 is 1.89 bits per heavy atom. The number of hydrogen-bond donors (Lipinski definition) is 0. The minimum atomic E-state index is -0.126. The highest BCUT2D eigenvalue weighted by molar-refractivity contribution is 9.10. The van der Waals surface area contributed by atoms with Crippen LogP contribution in [0.1, 0.15) is 17.5 Å². The highest BCUT2D eigenvalue weighted by Crippen LogP contribution is 2.13. The van der Waals surface area contributed by atoms with Crippen molar-refractivity contribution in [2.45, 2.75) is 6.92 Å². The van der Waals surface area contributed by atoms with Crippen molar-refractivity contribution in [3.8, 4) is 0 Å². The first-order valence-electron chi connectivity index (χ1n) is 2.31. The van der Waals surface area contributed by atoms with Crippen LogP contribution in [0.5, 0.6) is 0 Å². The highest BCUT2D eigenvalue weighted by atomic mass is 79.9. The van der Waals surface area contributed by atoms with E-state index in [0.29, 0.717) is 4.60 Å². The number of halogens is 1. The number of ketones is 1. The molecule has 1 heterocycles. The minimum absolute atomic E-state index is 0.126. The molecule has 0 aliphatic rings. The van der Waals surface area contributed by atoms with Crippen molar-refractivity contribution in [3.63, 3.8) is 0 Å². The summed E-state index contributed by atoms with van der Waals surface area (Å²) in [5, 5.41) is 0. The number of oxazole rings is 1. The van der Waals surface area contributed by atoms with Gasteiger partial charge in [-0.1, -0.05) is 0 Å². The Kier molecular flexibility index (Phi) is 1.66. The zero-order valence-electron chi connectivity index (χ0n) is 4.72. The van der Waals surface area contributed by atoms with Crippen molar-refractivity contribution in [3.05, 3.63) is 16.8 Å². The number of carbonyl (C=O) groups excluding carboxylic acids is 1. The summed E-state index contributed by atoms with van der Waals surface area (Å²) < 4.78 is 5.19. The molecule has 4 heteroatoms. The Morgan fingerprint density at radius 2 is 2.56 bits per heavy atom. The van der Waals surface area contributed by atoms with Crippen molar-refractivity contribution in [2.75, 3.05) is 0 Å². The summed E-state index contributed by atoms with van der Waals surface area (Å²) in [7, 11) is 0. The molecule has 0 N–H and O–H groups in total. The van der Waals surface area contributed by atoms with Gasteiger partial charge in [0.15, 0.2) is 16.8 Å². The van der Waals surface area contributed by atoms with Gasteiger partial charge in [-0.3, -0.25) is 4.79 Å². The van der Waals surface area contributed by atoms with E-state index >= 15 is 0 Å². The van der Waals surface area contributed by atoms with Crippen molar-refractivity contribution in [1.82, 2.24) is 4.98 Å². The summed E-state index contributed by atoms with van der Waals surface area (Å²) in [4.78, 5) is 14.2. The lowest BCUT2D eigenvalue weighted by Gasteiger charge is -1.83. The van der Waals surface area contributed by atoms with Gasteiger partial charge >= 0.3 is 0 Å². The van der Waals surface area contributed by atoms with Gasteiger partial charge in [0.2, 0.25) is 5.76 Å². The van der Waals surface area contributed by atoms with Crippen LogP contribution in [0.15, 0.2) is 15.4 Å². The third kappa shape index (κ3) is 1.18. The average molecular weight is 190 g/mol. The van der Waals surface area contributed by atoms with Crippen LogP contribution in [0.2, 0.25) is 0 Å². The summed E-state index contributed by atoms with van der Waals surface area (Å²) in [6, 6.07) is 0. The molecule has 48 valence electrons. The Balaban J connectivity index is 3.08. The second kappa shape index (κ2) is 2.31. The highest BCUT2D eigenvalue weighted by Gasteiger charge is 2.08. The van der Waals surface area contributed by atoms with Gasteiger partial charge in [0.1, 0.15) is 0 Å². The Hall–Kier alpha value is -0.640. The first-order valence-corrected chi connectivity index (χ1v) is 3.11. The number of aromatic nitrogens is 1. The van der Waals surface area contributed by atoms with Crippen LogP contribution in [0, 0.1) is 0 Å². The summed E-state index contributed by atoms with van der Waals surface area (Å²) in [6.45, 7) is 1.42. The Labute approximate surface area is 60.2 Å². The van der Waals surface area contributed by atoms with Crippen LogP contribution in [0.4, 0.5) is 0 Å². The topological polar surface area (TPSA) is 43.1 Å². The molecule has 0 aliphatic heterocycles. The molecule has 0 amide bonds. The van der Waals surface area contributed by atoms with E-state index in [1.54, 1.807) is 0 Å². The Morgan fingerprint density at radius 3 is 2.78 bits per heavy atom. The molecule has 0 bridgehead atoms. The lowest BCUT2D eigenvalue weighted by atomic mass is 10.4. The van der Waals surface area contributed by atoms with Gasteiger partial charge in [-0.05, 0) is 15.9 Å². The fourth-order valence-electron chi connectivity index (χ4n) is 0.461. The second-order valence-corrected chi connectivity index (χ2v) is 2.28. The third-order valence-corrected chi connectivity index (χ3v) is 1.41. The van der Waals surface area contributed by atoms with Crippen LogP contribution in [0.25, 0.3) is 0 Å². The summed E-state index contributed by atoms with van der Waals surface area (Å²) >= 11 is 3.04. The Bertz CT molecular complexity index is 231. The van der Waals surface area contributed by atoms with E-state index in [2.05, 4.69) is 20.9 Å². The minimum Gasteiger partial charge on any atom is -0.439 e. The maximum atomic E-state index is 10.6. The van der Waals surface area contributed by atoms with E-state index in [0.717, 1.165) is 0 Å². The van der Waals surface area contributed by atoms with Crippen LogP contribution < -0.4 is 0 Å². The van der Waals surface area contributed by atoms with Gasteiger partial charge < -0.3 is 4.42 Å². The fourth-order valence-corrected chi connectivity index (χ4v) is 0.917. The predicted molar refractivity (Wildman–Crippen MR) is 34.2 cm³/mol. The number of Topliss-reactive ketones (excluding diaryl/α,β-unsaturated/α-hetero) is 1. The standard InChI is InChI=1S/C5H4BrNO2/c1-3(8)4-5(6)7-2-9-4/h2H,1H3. The van der Waals surface area contributed by atoms with Gasteiger partial charge in [0.05, 0.1) is 0 Å². The number of carbonyl (C=O) groups is 1. The molecule has 1 aromatic heterocycles. The largest absolute Gasteiger partial charge is 0.439 e. The van der Waals surface area contributed by atoms with Gasteiger partial charge in [0.25, 0.3) is 0 Å². The molecule has 3 nitrogen and oxygen atoms in total. The molecule has 0 unspecified atom stereocenters. The number of hydrogen-bond acceptors (Lipinski definition) is 3. The van der Waals surface area contributed by atoms with E-state index < -0.39 is 0 Å². The third-order valence-electron chi connectivity index (χ3n) is 0.844. The SMILES string of the molecule is CC(=O)c1ocnc1Br. The lowest BCUT2D eigenvalue weighted by molar-refractivity contribution is 0.0986. The quantitative estimate of drug-likeness (QED) is 0.632. The van der Waals surface area contributed by atoms with Crippen molar-refractivity contribution < 1.29 is 9.21 Å². The molecule has 0 radical (unpaired) electrons. The van der Waals surface area contributed by atoms with E-state index in [1.807, 2.05) is 0 Å². The maximum Gasteiger partial charge on any atom is 0.204 e. The van der Waals surface area contributed by atoms with E-state index in [4.69, 9.17) is 4.42 Å².